The average Bonchev–Trinajstić information content (AvgIpc) is 2.41. The van der Waals surface area contributed by atoms with Gasteiger partial charge in [0.1, 0.15) is 5.82 Å². The Morgan fingerprint density at radius 3 is 2.68 bits per heavy atom. The third kappa shape index (κ3) is 3.15. The molecule has 0 radical (unpaired) electrons. The second kappa shape index (κ2) is 5.60. The van der Waals surface area contributed by atoms with Gasteiger partial charge in [-0.15, -0.1) is 0 Å². The van der Waals surface area contributed by atoms with Crippen molar-refractivity contribution in [2.24, 2.45) is 0 Å². The fraction of sp³-hybridized carbons (Fsp3) is 0.231. The lowest BCUT2D eigenvalue weighted by atomic mass is 10.2. The molecule has 0 aliphatic carbocycles. The molecule has 0 fully saturated rings. The van der Waals surface area contributed by atoms with Crippen LogP contribution in [0, 0.1) is 18.6 Å². The van der Waals surface area contributed by atoms with E-state index in [0.29, 0.717) is 23.9 Å². The molecule has 0 saturated heterocycles. The summed E-state index contributed by atoms with van der Waals surface area (Å²) in [6, 6.07) is 3.80. The molecule has 0 bridgehead atoms. The van der Waals surface area contributed by atoms with Crippen LogP contribution >= 0.6 is 0 Å². The first kappa shape index (κ1) is 13.2. The van der Waals surface area contributed by atoms with E-state index < -0.39 is 11.6 Å². The van der Waals surface area contributed by atoms with Crippen molar-refractivity contribution >= 4 is 11.8 Å². The summed E-state index contributed by atoms with van der Waals surface area (Å²) in [4.78, 5) is 8.31. The first-order valence-electron chi connectivity index (χ1n) is 5.79. The zero-order valence-corrected chi connectivity index (χ0v) is 10.7. The van der Waals surface area contributed by atoms with Gasteiger partial charge in [-0.1, -0.05) is 6.07 Å². The van der Waals surface area contributed by atoms with Gasteiger partial charge < -0.3 is 10.6 Å². The van der Waals surface area contributed by atoms with Gasteiger partial charge in [-0.2, -0.15) is 4.98 Å². The summed E-state index contributed by atoms with van der Waals surface area (Å²) in [7, 11) is 1.73. The zero-order chi connectivity index (χ0) is 13.8. The minimum absolute atomic E-state index is 0.359. The lowest BCUT2D eigenvalue weighted by molar-refractivity contribution is 0.507. The van der Waals surface area contributed by atoms with Crippen molar-refractivity contribution in [3.05, 3.63) is 47.2 Å². The Balaban J connectivity index is 2.11. The van der Waals surface area contributed by atoms with Gasteiger partial charge in [-0.25, -0.2) is 13.8 Å². The minimum Gasteiger partial charge on any atom is -0.366 e. The summed E-state index contributed by atoms with van der Waals surface area (Å²) in [5, 5.41) is 5.91. The molecular formula is C13H14F2N4. The third-order valence-electron chi connectivity index (χ3n) is 2.64. The zero-order valence-electron chi connectivity index (χ0n) is 10.7. The van der Waals surface area contributed by atoms with E-state index in [1.807, 2.05) is 6.92 Å². The van der Waals surface area contributed by atoms with E-state index in [-0.39, 0.29) is 0 Å². The first-order valence-corrected chi connectivity index (χ1v) is 5.79. The molecule has 100 valence electrons. The van der Waals surface area contributed by atoms with Crippen LogP contribution in [0.3, 0.4) is 0 Å². The predicted octanol–water partition coefficient (Wildman–Crippen LogP) is 2.72. The maximum absolute atomic E-state index is 13.1. The maximum atomic E-state index is 13.1. The molecule has 0 amide bonds. The van der Waals surface area contributed by atoms with E-state index in [0.717, 1.165) is 17.7 Å². The number of aryl methyl sites for hydroxylation is 1. The van der Waals surface area contributed by atoms with Crippen molar-refractivity contribution in [1.82, 2.24) is 9.97 Å². The summed E-state index contributed by atoms with van der Waals surface area (Å²) >= 11 is 0. The number of hydrogen-bond acceptors (Lipinski definition) is 4. The van der Waals surface area contributed by atoms with Gasteiger partial charge in [0.25, 0.3) is 0 Å². The highest BCUT2D eigenvalue weighted by molar-refractivity contribution is 5.46. The van der Waals surface area contributed by atoms with Crippen molar-refractivity contribution < 1.29 is 8.78 Å². The van der Waals surface area contributed by atoms with E-state index in [9.17, 15) is 8.78 Å². The monoisotopic (exact) mass is 264 g/mol. The highest BCUT2D eigenvalue weighted by Crippen LogP contribution is 2.15. The van der Waals surface area contributed by atoms with Gasteiger partial charge in [0.2, 0.25) is 5.95 Å². The number of anilines is 2. The number of aromatic nitrogens is 2. The minimum atomic E-state index is -0.852. The molecule has 0 aliphatic rings. The molecule has 2 rings (SSSR count). The van der Waals surface area contributed by atoms with E-state index >= 15 is 0 Å². The van der Waals surface area contributed by atoms with Crippen LogP contribution in [0.2, 0.25) is 0 Å². The van der Waals surface area contributed by atoms with Gasteiger partial charge in [0.15, 0.2) is 11.6 Å². The molecule has 1 aromatic heterocycles. The summed E-state index contributed by atoms with van der Waals surface area (Å²) in [6.07, 6.45) is 1.69. The van der Waals surface area contributed by atoms with Gasteiger partial charge in [0.05, 0.1) is 0 Å². The van der Waals surface area contributed by atoms with E-state index in [4.69, 9.17) is 0 Å². The van der Waals surface area contributed by atoms with Crippen LogP contribution in [-0.4, -0.2) is 17.0 Å². The average molecular weight is 264 g/mol. The number of halogens is 2. The SMILES string of the molecule is CNc1ncc(C)c(NCc2ccc(F)c(F)c2)n1. The van der Waals surface area contributed by atoms with Crippen LogP contribution in [0.15, 0.2) is 24.4 Å². The van der Waals surface area contributed by atoms with E-state index in [1.54, 1.807) is 13.2 Å². The van der Waals surface area contributed by atoms with Gasteiger partial charge in [-0.3, -0.25) is 0 Å². The molecule has 2 aromatic rings. The van der Waals surface area contributed by atoms with Crippen molar-refractivity contribution in [2.75, 3.05) is 17.7 Å². The Labute approximate surface area is 109 Å². The first-order chi connectivity index (χ1) is 9.10. The quantitative estimate of drug-likeness (QED) is 0.891. The van der Waals surface area contributed by atoms with Crippen molar-refractivity contribution in [3.63, 3.8) is 0 Å². The Hall–Kier alpha value is -2.24. The fourth-order valence-corrected chi connectivity index (χ4v) is 1.58. The summed E-state index contributed by atoms with van der Waals surface area (Å²) in [5.74, 6) is -0.545. The standard InChI is InChI=1S/C13H14F2N4/c1-8-6-18-13(16-2)19-12(8)17-7-9-3-4-10(14)11(15)5-9/h3-6H,7H2,1-2H3,(H2,16,17,18,19). The molecule has 0 atom stereocenters. The summed E-state index contributed by atoms with van der Waals surface area (Å²) in [6.45, 7) is 2.23. The van der Waals surface area contributed by atoms with E-state index in [2.05, 4.69) is 20.6 Å². The maximum Gasteiger partial charge on any atom is 0.224 e. The lowest BCUT2D eigenvalue weighted by Crippen LogP contribution is -2.06. The number of rotatable bonds is 4. The van der Waals surface area contributed by atoms with Gasteiger partial charge in [0, 0.05) is 25.4 Å². The molecule has 1 aromatic carbocycles. The van der Waals surface area contributed by atoms with Crippen molar-refractivity contribution in [1.29, 1.82) is 0 Å². The van der Waals surface area contributed by atoms with Crippen LogP contribution in [0.1, 0.15) is 11.1 Å². The number of hydrogen-bond donors (Lipinski definition) is 2. The summed E-state index contributed by atoms with van der Waals surface area (Å²) < 4.78 is 25.9. The normalized spacial score (nSPS) is 10.3. The Kier molecular flexibility index (Phi) is 3.89. The number of nitrogens with zero attached hydrogens (tertiary/aromatic N) is 2. The van der Waals surface area contributed by atoms with Crippen molar-refractivity contribution in [3.8, 4) is 0 Å². The number of nitrogens with one attached hydrogen (secondary N) is 2. The molecular weight excluding hydrogens is 250 g/mol. The van der Waals surface area contributed by atoms with Crippen LogP contribution in [-0.2, 0) is 6.54 Å². The molecule has 4 nitrogen and oxygen atoms in total. The van der Waals surface area contributed by atoms with Crippen LogP contribution in [0.25, 0.3) is 0 Å². The van der Waals surface area contributed by atoms with Crippen LogP contribution < -0.4 is 10.6 Å². The van der Waals surface area contributed by atoms with E-state index in [1.165, 1.54) is 6.07 Å². The summed E-state index contributed by atoms with van der Waals surface area (Å²) in [5.41, 5.74) is 1.52. The molecule has 2 N–H and O–H groups in total. The largest absolute Gasteiger partial charge is 0.366 e. The Bertz CT molecular complexity index is 587. The molecule has 0 aliphatic heterocycles. The van der Waals surface area contributed by atoms with Crippen LogP contribution in [0.5, 0.6) is 0 Å². The van der Waals surface area contributed by atoms with Crippen molar-refractivity contribution in [2.45, 2.75) is 13.5 Å². The molecule has 6 heteroatoms. The predicted molar refractivity (Wildman–Crippen MR) is 70.0 cm³/mol. The molecule has 0 saturated carbocycles. The Morgan fingerprint density at radius 1 is 1.21 bits per heavy atom. The number of benzene rings is 1. The highest BCUT2D eigenvalue weighted by Gasteiger charge is 2.05. The van der Waals surface area contributed by atoms with Crippen LogP contribution in [0.4, 0.5) is 20.5 Å². The van der Waals surface area contributed by atoms with Gasteiger partial charge >= 0.3 is 0 Å². The third-order valence-corrected chi connectivity index (χ3v) is 2.64. The Morgan fingerprint density at radius 2 is 2.00 bits per heavy atom. The van der Waals surface area contributed by atoms with Gasteiger partial charge in [-0.05, 0) is 24.6 Å². The smallest absolute Gasteiger partial charge is 0.224 e. The highest BCUT2D eigenvalue weighted by atomic mass is 19.2. The topological polar surface area (TPSA) is 49.8 Å². The molecule has 0 spiro atoms. The lowest BCUT2D eigenvalue weighted by Gasteiger charge is -2.10. The fourth-order valence-electron chi connectivity index (χ4n) is 1.58. The second-order valence-corrected chi connectivity index (χ2v) is 4.08. The molecule has 1 heterocycles. The molecule has 0 unspecified atom stereocenters. The second-order valence-electron chi connectivity index (χ2n) is 4.08. The molecule has 19 heavy (non-hydrogen) atoms.